The van der Waals surface area contributed by atoms with E-state index in [1.807, 2.05) is 0 Å². The van der Waals surface area contributed by atoms with Crippen LogP contribution in [0.5, 0.6) is 0 Å². The van der Waals surface area contributed by atoms with Crippen molar-refractivity contribution >= 4 is 0 Å². The molecular formula is C16H22FN5O2. The number of aryl methyl sites for hydroxylation is 2. The van der Waals surface area contributed by atoms with Gasteiger partial charge in [-0.1, -0.05) is 10.4 Å². The predicted octanol–water partition coefficient (Wildman–Crippen LogP) is 2.19. The lowest BCUT2D eigenvalue weighted by Crippen LogP contribution is -2.24. The van der Waals surface area contributed by atoms with Gasteiger partial charge in [0.15, 0.2) is 5.82 Å². The summed E-state index contributed by atoms with van der Waals surface area (Å²) in [6.45, 7) is 1.21. The monoisotopic (exact) mass is 335 g/mol. The molecule has 0 spiro atoms. The summed E-state index contributed by atoms with van der Waals surface area (Å²) in [6, 6.07) is 0.372. The first-order valence-electron chi connectivity index (χ1n) is 8.74. The molecule has 2 aromatic heterocycles. The highest BCUT2D eigenvalue weighted by Gasteiger charge is 2.31. The number of alkyl halides is 1. The molecule has 1 unspecified atom stereocenters. The highest BCUT2D eigenvalue weighted by molar-refractivity contribution is 5.19. The molecule has 1 aliphatic carbocycles. The minimum Gasteiger partial charge on any atom is -0.381 e. The number of hydrogen-bond donors (Lipinski definition) is 0. The summed E-state index contributed by atoms with van der Waals surface area (Å²) in [7, 11) is 0. The zero-order valence-corrected chi connectivity index (χ0v) is 13.7. The van der Waals surface area contributed by atoms with Crippen molar-refractivity contribution in [2.75, 3.05) is 19.9 Å². The number of rotatable bonds is 5. The Bertz CT molecular complexity index is 680. The van der Waals surface area contributed by atoms with E-state index in [4.69, 9.17) is 9.26 Å². The zero-order valence-electron chi connectivity index (χ0n) is 13.7. The number of ether oxygens (including phenoxy) is 1. The molecule has 0 radical (unpaired) electrons. The van der Waals surface area contributed by atoms with Crippen molar-refractivity contribution in [3.8, 4) is 0 Å². The molecule has 8 heteroatoms. The van der Waals surface area contributed by atoms with Crippen LogP contribution in [0.4, 0.5) is 4.39 Å². The third-order valence-electron chi connectivity index (χ3n) is 4.94. The van der Waals surface area contributed by atoms with Crippen LogP contribution in [0.3, 0.4) is 0 Å². The topological polar surface area (TPSA) is 78.9 Å². The average Bonchev–Trinajstić information content (AvgIpc) is 3.27. The first-order chi connectivity index (χ1) is 11.8. The molecule has 130 valence electrons. The number of hydrogen-bond acceptors (Lipinski definition) is 6. The molecule has 0 saturated carbocycles. The zero-order chi connectivity index (χ0) is 16.4. The van der Waals surface area contributed by atoms with Crippen molar-refractivity contribution in [1.82, 2.24) is 25.1 Å². The van der Waals surface area contributed by atoms with Gasteiger partial charge in [-0.05, 0) is 32.1 Å². The van der Waals surface area contributed by atoms with E-state index in [1.165, 1.54) is 5.69 Å². The summed E-state index contributed by atoms with van der Waals surface area (Å²) >= 11 is 0. The van der Waals surface area contributed by atoms with E-state index < -0.39 is 0 Å². The Hall–Kier alpha value is -1.83. The van der Waals surface area contributed by atoms with Gasteiger partial charge in [-0.15, -0.1) is 5.10 Å². The molecule has 24 heavy (non-hydrogen) atoms. The molecule has 1 fully saturated rings. The Balaban J connectivity index is 1.50. The third-order valence-corrected chi connectivity index (χ3v) is 4.94. The van der Waals surface area contributed by atoms with Gasteiger partial charge in [0, 0.05) is 32.0 Å². The second kappa shape index (κ2) is 6.96. The van der Waals surface area contributed by atoms with Gasteiger partial charge in [0.05, 0.1) is 24.1 Å². The molecule has 0 bridgehead atoms. The SMILES string of the molecule is FCCCc1noc(C2CCc3nnn(C4CCOCC4)c3C2)n1. The van der Waals surface area contributed by atoms with Crippen LogP contribution in [-0.4, -0.2) is 45.0 Å². The Morgan fingerprint density at radius 2 is 2.08 bits per heavy atom. The van der Waals surface area contributed by atoms with Crippen LogP contribution in [0.2, 0.25) is 0 Å². The molecule has 0 amide bonds. The largest absolute Gasteiger partial charge is 0.381 e. The second-order valence-corrected chi connectivity index (χ2v) is 6.55. The van der Waals surface area contributed by atoms with Crippen molar-refractivity contribution in [1.29, 1.82) is 0 Å². The van der Waals surface area contributed by atoms with Crippen LogP contribution >= 0.6 is 0 Å². The Morgan fingerprint density at radius 3 is 2.92 bits per heavy atom. The van der Waals surface area contributed by atoms with Crippen LogP contribution < -0.4 is 0 Å². The lowest BCUT2D eigenvalue weighted by Gasteiger charge is -2.26. The van der Waals surface area contributed by atoms with Gasteiger partial charge in [-0.3, -0.25) is 4.39 Å². The standard InChI is InChI=1S/C16H22FN5O2/c17-7-1-2-15-18-16(24-20-15)11-3-4-13-14(10-11)22(21-19-13)12-5-8-23-9-6-12/h11-12H,1-10H2. The maximum Gasteiger partial charge on any atom is 0.230 e. The van der Waals surface area contributed by atoms with E-state index in [0.717, 1.165) is 51.0 Å². The van der Waals surface area contributed by atoms with E-state index in [2.05, 4.69) is 25.1 Å². The average molecular weight is 335 g/mol. The van der Waals surface area contributed by atoms with Crippen LogP contribution in [0.1, 0.15) is 60.7 Å². The van der Waals surface area contributed by atoms with E-state index in [0.29, 0.717) is 30.6 Å². The van der Waals surface area contributed by atoms with Gasteiger partial charge >= 0.3 is 0 Å². The first kappa shape index (κ1) is 15.7. The van der Waals surface area contributed by atoms with E-state index in [9.17, 15) is 4.39 Å². The number of halogens is 1. The van der Waals surface area contributed by atoms with Gasteiger partial charge in [0.1, 0.15) is 0 Å². The molecule has 1 saturated heterocycles. The number of aromatic nitrogens is 5. The quantitative estimate of drug-likeness (QED) is 0.833. The molecule has 0 N–H and O–H groups in total. The fourth-order valence-electron chi connectivity index (χ4n) is 3.59. The maximum atomic E-state index is 12.3. The molecule has 2 aromatic rings. The van der Waals surface area contributed by atoms with Crippen molar-refractivity contribution < 1.29 is 13.7 Å². The maximum absolute atomic E-state index is 12.3. The van der Waals surface area contributed by atoms with E-state index in [1.54, 1.807) is 0 Å². The second-order valence-electron chi connectivity index (χ2n) is 6.55. The fraction of sp³-hybridized carbons (Fsp3) is 0.750. The lowest BCUT2D eigenvalue weighted by molar-refractivity contribution is 0.0647. The Labute approximate surface area is 139 Å². The highest BCUT2D eigenvalue weighted by atomic mass is 19.1. The molecule has 2 aliphatic rings. The highest BCUT2D eigenvalue weighted by Crippen LogP contribution is 2.33. The van der Waals surface area contributed by atoms with Crippen LogP contribution in [0.25, 0.3) is 0 Å². The number of nitrogens with zero attached hydrogens (tertiary/aromatic N) is 5. The van der Waals surface area contributed by atoms with Crippen molar-refractivity contribution in [2.45, 2.75) is 56.9 Å². The molecule has 4 rings (SSSR count). The summed E-state index contributed by atoms with van der Waals surface area (Å²) in [5.74, 6) is 1.46. The van der Waals surface area contributed by atoms with Crippen molar-refractivity contribution in [3.05, 3.63) is 23.1 Å². The third kappa shape index (κ3) is 3.07. The minimum absolute atomic E-state index is 0.196. The Morgan fingerprint density at radius 1 is 1.21 bits per heavy atom. The lowest BCUT2D eigenvalue weighted by atomic mass is 9.89. The first-order valence-corrected chi connectivity index (χ1v) is 8.74. The molecule has 7 nitrogen and oxygen atoms in total. The normalized spacial score (nSPS) is 21.8. The van der Waals surface area contributed by atoms with Crippen LogP contribution in [0.15, 0.2) is 4.52 Å². The van der Waals surface area contributed by atoms with E-state index >= 15 is 0 Å². The van der Waals surface area contributed by atoms with Gasteiger partial charge < -0.3 is 9.26 Å². The molecular weight excluding hydrogens is 313 g/mol. The molecule has 3 heterocycles. The minimum atomic E-state index is -0.355. The van der Waals surface area contributed by atoms with Gasteiger partial charge in [-0.2, -0.15) is 4.98 Å². The smallest absolute Gasteiger partial charge is 0.230 e. The molecule has 0 aromatic carbocycles. The van der Waals surface area contributed by atoms with Crippen LogP contribution in [-0.2, 0) is 24.0 Å². The summed E-state index contributed by atoms with van der Waals surface area (Å²) in [5.41, 5.74) is 2.29. The fourth-order valence-corrected chi connectivity index (χ4v) is 3.59. The van der Waals surface area contributed by atoms with Crippen LogP contribution in [0, 0.1) is 0 Å². The summed E-state index contributed by atoms with van der Waals surface area (Å²) in [5, 5.41) is 12.7. The van der Waals surface area contributed by atoms with Gasteiger partial charge in [-0.25, -0.2) is 4.68 Å². The van der Waals surface area contributed by atoms with E-state index in [-0.39, 0.29) is 12.6 Å². The van der Waals surface area contributed by atoms with Gasteiger partial charge in [0.25, 0.3) is 0 Å². The summed E-state index contributed by atoms with van der Waals surface area (Å²) < 4.78 is 25.2. The van der Waals surface area contributed by atoms with Crippen molar-refractivity contribution in [2.24, 2.45) is 0 Å². The molecule has 1 aliphatic heterocycles. The predicted molar refractivity (Wildman–Crippen MR) is 82.5 cm³/mol. The molecule has 1 atom stereocenters. The van der Waals surface area contributed by atoms with Gasteiger partial charge in [0.2, 0.25) is 5.89 Å². The summed E-state index contributed by atoms with van der Waals surface area (Å²) in [6.07, 6.45) is 5.57. The van der Waals surface area contributed by atoms with Crippen molar-refractivity contribution in [3.63, 3.8) is 0 Å². The Kier molecular flexibility index (Phi) is 4.55. The summed E-state index contributed by atoms with van der Waals surface area (Å²) in [4.78, 5) is 4.46. The number of fused-ring (bicyclic) bond motifs is 1.